The Hall–Kier alpha value is -3.47. The number of anilines is 3. The predicted molar refractivity (Wildman–Crippen MR) is 133 cm³/mol. The molecule has 2 aliphatic rings. The minimum absolute atomic E-state index is 0.000718. The van der Waals surface area contributed by atoms with Crippen molar-refractivity contribution in [2.45, 2.75) is 38.7 Å². The lowest BCUT2D eigenvalue weighted by atomic mass is 9.95. The second-order valence-corrected chi connectivity index (χ2v) is 11.3. The van der Waals surface area contributed by atoms with Crippen LogP contribution in [-0.2, 0) is 21.0 Å². The highest BCUT2D eigenvalue weighted by molar-refractivity contribution is 7.91. The Labute approximate surface area is 202 Å². The van der Waals surface area contributed by atoms with Crippen LogP contribution in [0.25, 0.3) is 21.9 Å². The number of hydrogen-bond acceptors (Lipinski definition) is 8. The second kappa shape index (κ2) is 8.95. The molecule has 0 atom stereocenters. The van der Waals surface area contributed by atoms with Crippen LogP contribution < -0.4 is 16.4 Å². The fraction of sp³-hybridized carbons (Fsp3) is 0.375. The largest absolute Gasteiger partial charge is 0.446 e. The van der Waals surface area contributed by atoms with Gasteiger partial charge in [0.25, 0.3) is 0 Å². The summed E-state index contributed by atoms with van der Waals surface area (Å²) in [5.74, 6) is -0.337. The lowest BCUT2D eigenvalue weighted by Crippen LogP contribution is -2.32. The number of fused-ring (bicyclic) bond motifs is 2. The van der Waals surface area contributed by atoms with E-state index < -0.39 is 27.9 Å². The van der Waals surface area contributed by atoms with E-state index in [9.17, 15) is 13.2 Å². The molecule has 4 heterocycles. The van der Waals surface area contributed by atoms with E-state index in [1.807, 2.05) is 6.92 Å². The SMILES string of the molecule is Cc1c(-c2cc3cc(NC(=O)OC4CCS(=O)(=O)CC4)ncc3c(N)c2F)cnc2c1NCCC2. The average Bonchev–Trinajstić information content (AvgIpc) is 2.83. The van der Waals surface area contributed by atoms with Crippen molar-refractivity contribution in [1.82, 2.24) is 9.97 Å². The van der Waals surface area contributed by atoms with Crippen molar-refractivity contribution in [1.29, 1.82) is 0 Å². The molecular weight excluding hydrogens is 473 g/mol. The van der Waals surface area contributed by atoms with Crippen LogP contribution in [0, 0.1) is 12.7 Å². The highest BCUT2D eigenvalue weighted by Gasteiger charge is 2.26. The Balaban J connectivity index is 1.42. The second-order valence-electron chi connectivity index (χ2n) is 8.97. The van der Waals surface area contributed by atoms with Crippen LogP contribution in [-0.4, -0.2) is 48.6 Å². The summed E-state index contributed by atoms with van der Waals surface area (Å²) in [4.78, 5) is 21.0. The number of carbonyl (C=O) groups is 1. The number of carbonyl (C=O) groups excluding carboxylic acids is 1. The number of amides is 1. The third-order valence-electron chi connectivity index (χ3n) is 6.60. The molecule has 0 aliphatic carbocycles. The molecule has 11 heteroatoms. The zero-order valence-corrected chi connectivity index (χ0v) is 20.0. The summed E-state index contributed by atoms with van der Waals surface area (Å²) in [5, 5.41) is 6.95. The maximum absolute atomic E-state index is 15.3. The fourth-order valence-electron chi connectivity index (χ4n) is 4.65. The minimum atomic E-state index is -3.05. The molecular formula is C24H26FN5O4S. The molecule has 1 saturated heterocycles. The summed E-state index contributed by atoms with van der Waals surface area (Å²) in [6.45, 7) is 2.77. The van der Waals surface area contributed by atoms with Crippen molar-refractivity contribution in [3.63, 3.8) is 0 Å². The van der Waals surface area contributed by atoms with Gasteiger partial charge in [0.15, 0.2) is 15.7 Å². The van der Waals surface area contributed by atoms with E-state index in [2.05, 4.69) is 20.6 Å². The molecule has 4 N–H and O–H groups in total. The van der Waals surface area contributed by atoms with Crippen molar-refractivity contribution < 1.29 is 22.3 Å². The predicted octanol–water partition coefficient (Wildman–Crippen LogP) is 3.81. The van der Waals surface area contributed by atoms with Gasteiger partial charge in [0.05, 0.1) is 28.6 Å². The molecule has 0 bridgehead atoms. The topological polar surface area (TPSA) is 136 Å². The van der Waals surface area contributed by atoms with Crippen molar-refractivity contribution in [3.8, 4) is 11.1 Å². The Morgan fingerprint density at radius 1 is 1.20 bits per heavy atom. The molecule has 35 heavy (non-hydrogen) atoms. The molecule has 0 spiro atoms. The lowest BCUT2D eigenvalue weighted by Gasteiger charge is -2.22. The number of benzene rings is 1. The number of nitrogens with zero attached hydrogens (tertiary/aromatic N) is 2. The number of aromatic nitrogens is 2. The molecule has 2 aromatic heterocycles. The van der Waals surface area contributed by atoms with Crippen LogP contribution in [0.3, 0.4) is 0 Å². The highest BCUT2D eigenvalue weighted by atomic mass is 32.2. The molecule has 1 aromatic carbocycles. The first-order valence-corrected chi connectivity index (χ1v) is 13.3. The Kier molecular flexibility index (Phi) is 5.96. The Bertz CT molecular complexity index is 1430. The lowest BCUT2D eigenvalue weighted by molar-refractivity contribution is 0.104. The monoisotopic (exact) mass is 499 g/mol. The molecule has 3 aromatic rings. The van der Waals surface area contributed by atoms with Gasteiger partial charge in [-0.1, -0.05) is 0 Å². The van der Waals surface area contributed by atoms with Gasteiger partial charge in [0.2, 0.25) is 0 Å². The highest BCUT2D eigenvalue weighted by Crippen LogP contribution is 2.38. The molecule has 0 saturated carbocycles. The Morgan fingerprint density at radius 2 is 1.97 bits per heavy atom. The van der Waals surface area contributed by atoms with Crippen molar-refractivity contribution >= 4 is 43.9 Å². The summed E-state index contributed by atoms with van der Waals surface area (Å²) in [6, 6.07) is 3.27. The zero-order chi connectivity index (χ0) is 24.7. The minimum Gasteiger partial charge on any atom is -0.446 e. The standard InChI is InChI=1S/C24H26FN5O4S/c1-13-17(11-28-19-3-2-6-27-23(13)19)16-9-14-10-20(29-12-18(14)22(26)21(16)25)30-24(31)34-15-4-7-35(32,33)8-5-15/h9-12,15,27H,2-8,26H2,1H3,(H,29,30,31). The summed E-state index contributed by atoms with van der Waals surface area (Å²) in [6.07, 6.45) is 4.29. The Morgan fingerprint density at radius 3 is 2.74 bits per heavy atom. The van der Waals surface area contributed by atoms with Crippen LogP contribution in [0.4, 0.5) is 26.4 Å². The first-order chi connectivity index (χ1) is 16.7. The van der Waals surface area contributed by atoms with Crippen molar-refractivity contribution in [2.75, 3.05) is 34.4 Å². The van der Waals surface area contributed by atoms with Crippen LogP contribution in [0.2, 0.25) is 0 Å². The van der Waals surface area contributed by atoms with Crippen LogP contribution in [0.5, 0.6) is 0 Å². The van der Waals surface area contributed by atoms with E-state index >= 15 is 4.39 Å². The molecule has 9 nitrogen and oxygen atoms in total. The van der Waals surface area contributed by atoms with Gasteiger partial charge in [0.1, 0.15) is 11.9 Å². The van der Waals surface area contributed by atoms with E-state index in [0.717, 1.165) is 36.3 Å². The number of nitrogens with one attached hydrogen (secondary N) is 2. The van der Waals surface area contributed by atoms with Gasteiger partial charge in [0, 0.05) is 35.5 Å². The summed E-state index contributed by atoms with van der Waals surface area (Å²) < 4.78 is 43.8. The van der Waals surface area contributed by atoms with E-state index in [4.69, 9.17) is 10.5 Å². The molecule has 0 unspecified atom stereocenters. The number of halogens is 1. The maximum atomic E-state index is 15.3. The van der Waals surface area contributed by atoms with E-state index in [1.165, 1.54) is 6.20 Å². The number of nitrogens with two attached hydrogens (primary N) is 1. The van der Waals surface area contributed by atoms with E-state index in [1.54, 1.807) is 18.3 Å². The molecule has 2 aliphatic heterocycles. The van der Waals surface area contributed by atoms with E-state index in [-0.39, 0.29) is 35.9 Å². The van der Waals surface area contributed by atoms with E-state index in [0.29, 0.717) is 21.9 Å². The molecule has 1 amide bonds. The molecule has 0 radical (unpaired) electrons. The first kappa shape index (κ1) is 23.3. The third-order valence-corrected chi connectivity index (χ3v) is 8.32. The zero-order valence-electron chi connectivity index (χ0n) is 19.2. The summed E-state index contributed by atoms with van der Waals surface area (Å²) in [5.41, 5.74) is 9.86. The number of rotatable bonds is 3. The van der Waals surface area contributed by atoms with Crippen LogP contribution in [0.1, 0.15) is 30.5 Å². The summed E-state index contributed by atoms with van der Waals surface area (Å²) in [7, 11) is -3.05. The van der Waals surface area contributed by atoms with Crippen LogP contribution in [0.15, 0.2) is 24.5 Å². The quantitative estimate of drug-likeness (QED) is 0.463. The van der Waals surface area contributed by atoms with Gasteiger partial charge in [-0.15, -0.1) is 0 Å². The number of pyridine rings is 2. The number of hydrogen-bond donors (Lipinski definition) is 3. The van der Waals surface area contributed by atoms with Gasteiger partial charge in [-0.3, -0.25) is 10.3 Å². The van der Waals surface area contributed by atoms with Crippen LogP contribution >= 0.6 is 0 Å². The number of aryl methyl sites for hydroxylation is 1. The average molecular weight is 500 g/mol. The molecule has 184 valence electrons. The normalized spacial score (nSPS) is 17.4. The maximum Gasteiger partial charge on any atom is 0.413 e. The van der Waals surface area contributed by atoms with Gasteiger partial charge < -0.3 is 15.8 Å². The molecule has 5 rings (SSSR count). The molecule has 1 fully saturated rings. The third kappa shape index (κ3) is 4.60. The van der Waals surface area contributed by atoms with Gasteiger partial charge >= 0.3 is 6.09 Å². The number of ether oxygens (including phenoxy) is 1. The van der Waals surface area contributed by atoms with Gasteiger partial charge in [-0.2, -0.15) is 0 Å². The smallest absolute Gasteiger partial charge is 0.413 e. The van der Waals surface area contributed by atoms with Crippen molar-refractivity contribution in [3.05, 3.63) is 41.6 Å². The number of sulfone groups is 1. The fourth-order valence-corrected chi connectivity index (χ4v) is 6.10. The van der Waals surface area contributed by atoms with Gasteiger partial charge in [-0.25, -0.2) is 22.6 Å². The van der Waals surface area contributed by atoms with Crippen molar-refractivity contribution in [2.24, 2.45) is 0 Å². The summed E-state index contributed by atoms with van der Waals surface area (Å²) >= 11 is 0. The first-order valence-electron chi connectivity index (χ1n) is 11.5. The van der Waals surface area contributed by atoms with Gasteiger partial charge in [-0.05, 0) is 55.7 Å². The number of nitrogen functional groups attached to an aromatic ring is 1.